The van der Waals surface area contributed by atoms with Crippen LogP contribution in [0.1, 0.15) is 44.9 Å². The van der Waals surface area contributed by atoms with Crippen molar-refractivity contribution < 1.29 is 0 Å². The van der Waals surface area contributed by atoms with Gasteiger partial charge in [0.2, 0.25) is 0 Å². The number of nitrogens with zero attached hydrogens (tertiary/aromatic N) is 1. The zero-order valence-electron chi connectivity index (χ0n) is 10.3. The molecule has 2 aromatic heterocycles. The molecule has 0 aromatic carbocycles. The third-order valence-corrected chi connectivity index (χ3v) is 2.39. The van der Waals surface area contributed by atoms with Crippen LogP contribution in [0.2, 0.25) is 0 Å². The molecule has 2 aromatic rings. The molecular weight excluding hydrogens is 184 g/mol. The van der Waals surface area contributed by atoms with Crippen LogP contribution in [0.3, 0.4) is 0 Å². The number of nitrogens with one attached hydrogen (secondary N) is 1. The molecule has 15 heavy (non-hydrogen) atoms. The standard InChI is InChI=1S/C11H14N2.C2H6/c1-7(2)10-8(3)13-11-9(10)5-4-6-12-11;1-2/h4-7H,1-3H3,(H,12,13);1-2H3. The number of aromatic nitrogens is 2. The van der Waals surface area contributed by atoms with E-state index in [-0.39, 0.29) is 0 Å². The van der Waals surface area contributed by atoms with E-state index in [4.69, 9.17) is 0 Å². The fourth-order valence-electron chi connectivity index (χ4n) is 1.91. The average Bonchev–Trinajstić information content (AvgIpc) is 2.56. The molecule has 2 heteroatoms. The second-order valence-corrected chi connectivity index (χ2v) is 3.72. The van der Waals surface area contributed by atoms with E-state index in [0.29, 0.717) is 5.92 Å². The van der Waals surface area contributed by atoms with Crippen molar-refractivity contribution in [2.75, 3.05) is 0 Å². The third-order valence-electron chi connectivity index (χ3n) is 2.39. The van der Waals surface area contributed by atoms with Crippen molar-refractivity contribution in [1.29, 1.82) is 0 Å². The lowest BCUT2D eigenvalue weighted by atomic mass is 10.0. The fourth-order valence-corrected chi connectivity index (χ4v) is 1.91. The molecule has 0 amide bonds. The van der Waals surface area contributed by atoms with E-state index in [1.54, 1.807) is 0 Å². The maximum atomic E-state index is 4.29. The van der Waals surface area contributed by atoms with Gasteiger partial charge in [0.15, 0.2) is 0 Å². The second-order valence-electron chi connectivity index (χ2n) is 3.72. The number of hydrogen-bond donors (Lipinski definition) is 1. The van der Waals surface area contributed by atoms with Crippen LogP contribution >= 0.6 is 0 Å². The Bertz CT molecular complexity index is 427. The molecule has 82 valence electrons. The van der Waals surface area contributed by atoms with Gasteiger partial charge in [-0.15, -0.1) is 0 Å². The highest BCUT2D eigenvalue weighted by atomic mass is 14.9. The van der Waals surface area contributed by atoms with E-state index < -0.39 is 0 Å². The fraction of sp³-hybridized carbons (Fsp3) is 0.462. The smallest absolute Gasteiger partial charge is 0.137 e. The molecule has 0 atom stereocenters. The van der Waals surface area contributed by atoms with E-state index in [9.17, 15) is 0 Å². The summed E-state index contributed by atoms with van der Waals surface area (Å²) in [6.45, 7) is 10.5. The van der Waals surface area contributed by atoms with Crippen LogP contribution in [0.15, 0.2) is 18.3 Å². The third kappa shape index (κ3) is 2.20. The van der Waals surface area contributed by atoms with Gasteiger partial charge in [0.05, 0.1) is 0 Å². The molecule has 0 spiro atoms. The van der Waals surface area contributed by atoms with Gasteiger partial charge in [-0.3, -0.25) is 0 Å². The highest BCUT2D eigenvalue weighted by molar-refractivity contribution is 5.81. The minimum absolute atomic E-state index is 0.554. The van der Waals surface area contributed by atoms with E-state index in [1.807, 2.05) is 26.1 Å². The van der Waals surface area contributed by atoms with E-state index >= 15 is 0 Å². The Morgan fingerprint density at radius 2 is 1.93 bits per heavy atom. The first kappa shape index (κ1) is 11.8. The number of rotatable bonds is 1. The Labute approximate surface area is 91.7 Å². The molecule has 0 aliphatic carbocycles. The van der Waals surface area contributed by atoms with E-state index in [0.717, 1.165) is 5.65 Å². The Balaban J connectivity index is 0.000000531. The van der Waals surface area contributed by atoms with Gasteiger partial charge in [-0.2, -0.15) is 0 Å². The van der Waals surface area contributed by atoms with Gasteiger partial charge in [-0.1, -0.05) is 27.7 Å². The van der Waals surface area contributed by atoms with Crippen LogP contribution in [0.5, 0.6) is 0 Å². The lowest BCUT2D eigenvalue weighted by Crippen LogP contribution is -1.87. The molecular formula is C13H20N2. The molecule has 1 N–H and O–H groups in total. The topological polar surface area (TPSA) is 28.7 Å². The van der Waals surface area contributed by atoms with Crippen LogP contribution in [0.4, 0.5) is 0 Å². The normalized spacial score (nSPS) is 10.3. The largest absolute Gasteiger partial charge is 0.343 e. The molecule has 2 heterocycles. The Kier molecular flexibility index (Phi) is 3.89. The van der Waals surface area contributed by atoms with Crippen LogP contribution < -0.4 is 0 Å². The first-order valence-corrected chi connectivity index (χ1v) is 5.63. The number of hydrogen-bond acceptors (Lipinski definition) is 1. The molecule has 0 unspecified atom stereocenters. The predicted octanol–water partition coefficient (Wildman–Crippen LogP) is 4.02. The maximum Gasteiger partial charge on any atom is 0.137 e. The molecule has 2 rings (SSSR count). The van der Waals surface area contributed by atoms with E-state index in [2.05, 4.69) is 36.8 Å². The summed E-state index contributed by atoms with van der Waals surface area (Å²) in [4.78, 5) is 7.59. The van der Waals surface area contributed by atoms with Gasteiger partial charge in [0.25, 0.3) is 0 Å². The lowest BCUT2D eigenvalue weighted by molar-refractivity contribution is 0.864. The van der Waals surface area contributed by atoms with Crippen molar-refractivity contribution >= 4 is 11.0 Å². The molecule has 0 aliphatic heterocycles. The summed E-state index contributed by atoms with van der Waals surface area (Å²) in [5.41, 5.74) is 3.63. The Morgan fingerprint density at radius 3 is 2.53 bits per heavy atom. The van der Waals surface area contributed by atoms with Gasteiger partial charge in [-0.25, -0.2) is 4.98 Å². The van der Waals surface area contributed by atoms with Gasteiger partial charge >= 0.3 is 0 Å². The number of H-pyrrole nitrogens is 1. The van der Waals surface area contributed by atoms with Crippen LogP contribution in [0, 0.1) is 6.92 Å². The van der Waals surface area contributed by atoms with Crippen LogP contribution in [0.25, 0.3) is 11.0 Å². The van der Waals surface area contributed by atoms with Crippen molar-refractivity contribution in [2.24, 2.45) is 0 Å². The lowest BCUT2D eigenvalue weighted by Gasteiger charge is -2.03. The highest BCUT2D eigenvalue weighted by Gasteiger charge is 2.10. The van der Waals surface area contributed by atoms with Crippen LogP contribution in [-0.4, -0.2) is 9.97 Å². The highest BCUT2D eigenvalue weighted by Crippen LogP contribution is 2.26. The SMILES string of the molecule is CC.Cc1[nH]c2ncccc2c1C(C)C. The Morgan fingerprint density at radius 1 is 1.27 bits per heavy atom. The molecule has 2 nitrogen and oxygen atoms in total. The summed E-state index contributed by atoms with van der Waals surface area (Å²) in [6, 6.07) is 4.11. The van der Waals surface area contributed by atoms with Gasteiger partial charge in [0, 0.05) is 17.3 Å². The number of aromatic amines is 1. The molecule has 0 fully saturated rings. The number of pyridine rings is 1. The van der Waals surface area contributed by atoms with Crippen molar-refractivity contribution in [3.8, 4) is 0 Å². The quantitative estimate of drug-likeness (QED) is 0.746. The van der Waals surface area contributed by atoms with Crippen molar-refractivity contribution in [2.45, 2.75) is 40.5 Å². The van der Waals surface area contributed by atoms with Crippen LogP contribution in [-0.2, 0) is 0 Å². The molecule has 0 radical (unpaired) electrons. The average molecular weight is 204 g/mol. The molecule has 0 aliphatic rings. The summed E-state index contributed by atoms with van der Waals surface area (Å²) in [7, 11) is 0. The second kappa shape index (κ2) is 4.96. The number of aryl methyl sites for hydroxylation is 1. The van der Waals surface area contributed by atoms with Crippen molar-refractivity contribution in [3.05, 3.63) is 29.6 Å². The maximum absolute atomic E-state index is 4.29. The minimum Gasteiger partial charge on any atom is -0.343 e. The molecule has 0 saturated heterocycles. The first-order valence-electron chi connectivity index (χ1n) is 5.63. The summed E-state index contributed by atoms with van der Waals surface area (Å²) >= 11 is 0. The zero-order chi connectivity index (χ0) is 11.4. The summed E-state index contributed by atoms with van der Waals surface area (Å²) < 4.78 is 0. The van der Waals surface area contributed by atoms with Gasteiger partial charge < -0.3 is 4.98 Å². The molecule has 0 bridgehead atoms. The predicted molar refractivity (Wildman–Crippen MR) is 66.3 cm³/mol. The van der Waals surface area contributed by atoms with Gasteiger partial charge in [0.1, 0.15) is 5.65 Å². The first-order chi connectivity index (χ1) is 7.20. The van der Waals surface area contributed by atoms with Crippen molar-refractivity contribution in [3.63, 3.8) is 0 Å². The summed E-state index contributed by atoms with van der Waals surface area (Å²) in [5.74, 6) is 0.554. The summed E-state index contributed by atoms with van der Waals surface area (Å²) in [6.07, 6.45) is 1.82. The summed E-state index contributed by atoms with van der Waals surface area (Å²) in [5, 5.41) is 1.26. The van der Waals surface area contributed by atoms with Gasteiger partial charge in [-0.05, 0) is 30.5 Å². The number of fused-ring (bicyclic) bond motifs is 1. The Hall–Kier alpha value is -1.31. The van der Waals surface area contributed by atoms with E-state index in [1.165, 1.54) is 16.6 Å². The molecule has 0 saturated carbocycles. The minimum atomic E-state index is 0.554. The van der Waals surface area contributed by atoms with Crippen molar-refractivity contribution in [1.82, 2.24) is 9.97 Å². The zero-order valence-corrected chi connectivity index (χ0v) is 10.3. The monoisotopic (exact) mass is 204 g/mol.